The van der Waals surface area contributed by atoms with E-state index in [1.165, 1.54) is 6.42 Å². The van der Waals surface area contributed by atoms with Crippen molar-refractivity contribution in [1.29, 1.82) is 0 Å². The number of nitrogens with one attached hydrogen (secondary N) is 1. The first kappa shape index (κ1) is 6.37. The Morgan fingerprint density at radius 3 is 3.00 bits per heavy atom. The van der Waals surface area contributed by atoms with Gasteiger partial charge in [-0.25, -0.2) is 4.79 Å². The predicted molar refractivity (Wildman–Crippen MR) is 35.6 cm³/mol. The molecule has 2 heteroatoms. The first-order valence-corrected chi connectivity index (χ1v) is 3.31. The monoisotopic (exact) mass is 125 g/mol. The summed E-state index contributed by atoms with van der Waals surface area (Å²) in [5, 5.41) is 2.99. The van der Waals surface area contributed by atoms with Crippen molar-refractivity contribution in [1.82, 2.24) is 5.32 Å². The van der Waals surface area contributed by atoms with E-state index in [0.717, 1.165) is 18.7 Å². The van der Waals surface area contributed by atoms with E-state index < -0.39 is 0 Å². The van der Waals surface area contributed by atoms with Gasteiger partial charge in [0, 0.05) is 13.0 Å². The molecule has 1 aliphatic heterocycles. The summed E-state index contributed by atoms with van der Waals surface area (Å²) in [7, 11) is 0. The van der Waals surface area contributed by atoms with Gasteiger partial charge >= 0.3 is 0 Å². The second-order valence-electron chi connectivity index (χ2n) is 2.61. The van der Waals surface area contributed by atoms with Crippen LogP contribution in [0.15, 0.2) is 5.70 Å². The lowest BCUT2D eigenvalue weighted by molar-refractivity contribution is 0.449. The van der Waals surface area contributed by atoms with Crippen LogP contribution in [0.3, 0.4) is 0 Å². The second-order valence-corrected chi connectivity index (χ2v) is 2.61. The number of carbonyl (C=O) groups excluding carboxylic acids is 1. The van der Waals surface area contributed by atoms with E-state index >= 15 is 0 Å². The summed E-state index contributed by atoms with van der Waals surface area (Å²) in [6.07, 6.45) is 2.05. The van der Waals surface area contributed by atoms with E-state index in [-0.39, 0.29) is 0 Å². The molecule has 1 rings (SSSR count). The van der Waals surface area contributed by atoms with E-state index in [1.807, 2.05) is 5.94 Å². The van der Waals surface area contributed by atoms with Crippen molar-refractivity contribution < 1.29 is 4.79 Å². The molecular formula is C7H11NO. The molecule has 1 fully saturated rings. The van der Waals surface area contributed by atoms with Crippen molar-refractivity contribution in [3.63, 3.8) is 0 Å². The number of allylic oxidation sites excluding steroid dienone is 1. The summed E-state index contributed by atoms with van der Waals surface area (Å²) in [6, 6.07) is 0. The highest BCUT2D eigenvalue weighted by Crippen LogP contribution is 2.14. The van der Waals surface area contributed by atoms with Crippen molar-refractivity contribution >= 4 is 5.94 Å². The van der Waals surface area contributed by atoms with Crippen LogP contribution in [0.4, 0.5) is 0 Å². The van der Waals surface area contributed by atoms with Gasteiger partial charge in [0.25, 0.3) is 0 Å². The maximum atomic E-state index is 10.1. The van der Waals surface area contributed by atoms with E-state index in [2.05, 4.69) is 12.2 Å². The van der Waals surface area contributed by atoms with Gasteiger partial charge in [0.1, 0.15) is 5.94 Å². The van der Waals surface area contributed by atoms with Gasteiger partial charge in [-0.05, 0) is 12.3 Å². The Kier molecular flexibility index (Phi) is 1.91. The first-order valence-electron chi connectivity index (χ1n) is 3.31. The second kappa shape index (κ2) is 2.70. The zero-order chi connectivity index (χ0) is 6.69. The lowest BCUT2D eigenvalue weighted by atomic mass is 9.99. The molecule has 1 atom stereocenters. The first-order chi connectivity index (χ1) is 4.33. The molecule has 0 aromatic rings. The van der Waals surface area contributed by atoms with E-state index in [4.69, 9.17) is 0 Å². The summed E-state index contributed by atoms with van der Waals surface area (Å²) in [5.41, 5.74) is 0.744. The Morgan fingerprint density at radius 2 is 2.56 bits per heavy atom. The highest BCUT2D eigenvalue weighted by atomic mass is 16.1. The third-order valence-corrected chi connectivity index (χ3v) is 1.65. The van der Waals surface area contributed by atoms with Crippen LogP contribution in [0.25, 0.3) is 0 Å². The largest absolute Gasteiger partial charge is 0.379 e. The summed E-state index contributed by atoms with van der Waals surface area (Å²) < 4.78 is 0. The van der Waals surface area contributed by atoms with Crippen LogP contribution in [0.2, 0.25) is 0 Å². The van der Waals surface area contributed by atoms with Crippen molar-refractivity contribution in [2.75, 3.05) is 6.54 Å². The molecule has 0 bridgehead atoms. The topological polar surface area (TPSA) is 29.1 Å². The van der Waals surface area contributed by atoms with Gasteiger partial charge in [-0.15, -0.1) is 0 Å². The Morgan fingerprint density at radius 1 is 1.78 bits per heavy atom. The number of hydrogen-bond donors (Lipinski definition) is 1. The van der Waals surface area contributed by atoms with Gasteiger partial charge in [0.2, 0.25) is 0 Å². The fourth-order valence-electron chi connectivity index (χ4n) is 1.07. The van der Waals surface area contributed by atoms with Crippen LogP contribution in [-0.4, -0.2) is 12.5 Å². The van der Waals surface area contributed by atoms with Crippen LogP contribution in [0.1, 0.15) is 19.8 Å². The molecule has 0 aliphatic carbocycles. The fourth-order valence-corrected chi connectivity index (χ4v) is 1.07. The van der Waals surface area contributed by atoms with E-state index in [0.29, 0.717) is 5.92 Å². The zero-order valence-corrected chi connectivity index (χ0v) is 5.61. The molecule has 0 radical (unpaired) electrons. The zero-order valence-electron chi connectivity index (χ0n) is 5.61. The van der Waals surface area contributed by atoms with Crippen molar-refractivity contribution in [3.8, 4) is 0 Å². The Balaban J connectivity index is 2.51. The molecule has 1 saturated heterocycles. The summed E-state index contributed by atoms with van der Waals surface area (Å²) in [4.78, 5) is 10.1. The SMILES string of the molecule is CC1CCNC(=C=O)C1. The summed E-state index contributed by atoms with van der Waals surface area (Å²) in [6.45, 7) is 3.09. The highest BCUT2D eigenvalue weighted by molar-refractivity contribution is 5.51. The number of hydrogen-bond acceptors (Lipinski definition) is 2. The number of piperidine rings is 1. The molecule has 1 heterocycles. The quantitative estimate of drug-likeness (QED) is 0.483. The number of rotatable bonds is 0. The molecule has 1 N–H and O–H groups in total. The maximum Gasteiger partial charge on any atom is 0.145 e. The minimum absolute atomic E-state index is 0.655. The molecule has 2 nitrogen and oxygen atoms in total. The van der Waals surface area contributed by atoms with Crippen LogP contribution in [-0.2, 0) is 4.79 Å². The average Bonchev–Trinajstić information content (AvgIpc) is 1.88. The van der Waals surface area contributed by atoms with Gasteiger partial charge < -0.3 is 5.32 Å². The molecule has 1 unspecified atom stereocenters. The molecule has 9 heavy (non-hydrogen) atoms. The van der Waals surface area contributed by atoms with Crippen molar-refractivity contribution in [3.05, 3.63) is 5.70 Å². The van der Waals surface area contributed by atoms with Gasteiger partial charge in [-0.1, -0.05) is 6.92 Å². The standard InChI is InChI=1S/C7H11NO/c1-6-2-3-8-7(4-6)5-9/h6,8H,2-4H2,1H3. The third-order valence-electron chi connectivity index (χ3n) is 1.65. The molecule has 0 spiro atoms. The Bertz CT molecular complexity index is 147. The fraction of sp³-hybridized carbons (Fsp3) is 0.714. The Labute approximate surface area is 54.9 Å². The lowest BCUT2D eigenvalue weighted by Crippen LogP contribution is -2.24. The van der Waals surface area contributed by atoms with Gasteiger partial charge in [0.15, 0.2) is 0 Å². The smallest absolute Gasteiger partial charge is 0.145 e. The highest BCUT2D eigenvalue weighted by Gasteiger charge is 2.11. The third kappa shape index (κ3) is 1.58. The van der Waals surface area contributed by atoms with E-state index in [1.54, 1.807) is 0 Å². The predicted octanol–water partition coefficient (Wildman–Crippen LogP) is 0.721. The normalized spacial score (nSPS) is 26.8. The van der Waals surface area contributed by atoms with Crippen molar-refractivity contribution in [2.45, 2.75) is 19.8 Å². The molecule has 0 aromatic carbocycles. The molecule has 1 aliphatic rings. The molecule has 0 amide bonds. The molecular weight excluding hydrogens is 114 g/mol. The van der Waals surface area contributed by atoms with Gasteiger partial charge in [-0.2, -0.15) is 0 Å². The van der Waals surface area contributed by atoms with Crippen molar-refractivity contribution in [2.24, 2.45) is 5.92 Å². The summed E-state index contributed by atoms with van der Waals surface area (Å²) >= 11 is 0. The maximum absolute atomic E-state index is 10.1. The van der Waals surface area contributed by atoms with Gasteiger partial charge in [0.05, 0.1) is 5.70 Å². The minimum Gasteiger partial charge on any atom is -0.379 e. The molecule has 50 valence electrons. The van der Waals surface area contributed by atoms with Crippen LogP contribution >= 0.6 is 0 Å². The minimum atomic E-state index is 0.655. The molecule has 0 aromatic heterocycles. The van der Waals surface area contributed by atoms with E-state index in [9.17, 15) is 4.79 Å². The Hall–Kier alpha value is -0.750. The van der Waals surface area contributed by atoms with Crippen LogP contribution < -0.4 is 5.32 Å². The van der Waals surface area contributed by atoms with Crippen LogP contribution in [0, 0.1) is 5.92 Å². The lowest BCUT2D eigenvalue weighted by Gasteiger charge is -2.19. The molecule has 0 saturated carbocycles. The van der Waals surface area contributed by atoms with Crippen LogP contribution in [0.5, 0.6) is 0 Å². The average molecular weight is 125 g/mol. The van der Waals surface area contributed by atoms with Gasteiger partial charge in [-0.3, -0.25) is 0 Å². The summed E-state index contributed by atoms with van der Waals surface area (Å²) in [5.74, 6) is 2.55.